The Balaban J connectivity index is 1.36. The highest BCUT2D eigenvalue weighted by atomic mass is 16.5. The first kappa shape index (κ1) is 28.4. The minimum absolute atomic E-state index is 0.0410. The van der Waals surface area contributed by atoms with Crippen LogP contribution in [0.3, 0.4) is 0 Å². The molecule has 1 heterocycles. The highest BCUT2D eigenvalue weighted by Gasteiger charge is 2.54. The Morgan fingerprint density at radius 1 is 0.952 bits per heavy atom. The molecule has 3 aromatic rings. The summed E-state index contributed by atoms with van der Waals surface area (Å²) in [5.74, 6) is 0.633. The number of esters is 2. The van der Waals surface area contributed by atoms with Crippen LogP contribution in [0.5, 0.6) is 5.75 Å². The van der Waals surface area contributed by atoms with Crippen LogP contribution in [-0.2, 0) is 19.7 Å². The summed E-state index contributed by atoms with van der Waals surface area (Å²) in [4.78, 5) is 42.6. The smallest absolute Gasteiger partial charge is 0.308 e. The Morgan fingerprint density at radius 2 is 1.74 bits per heavy atom. The van der Waals surface area contributed by atoms with Crippen LogP contribution in [-0.4, -0.2) is 66.5 Å². The number of ether oxygens (including phenoxy) is 2. The molecule has 0 radical (unpaired) electrons. The van der Waals surface area contributed by atoms with Gasteiger partial charge in [0.05, 0.1) is 0 Å². The predicted octanol–water partition coefficient (Wildman–Crippen LogP) is 5.60. The SMILES string of the molecule is CC(=O)Oc1cccc(C23CCN(CC4CC4)CC2C(OC(C)=O)CC(N(C)C(=O)c2ccc4ccccc4c2)C3)c1. The van der Waals surface area contributed by atoms with Crippen LogP contribution in [0.4, 0.5) is 0 Å². The Kier molecular flexibility index (Phi) is 7.79. The number of amides is 1. The van der Waals surface area contributed by atoms with E-state index in [-0.39, 0.29) is 41.3 Å². The molecule has 7 nitrogen and oxygen atoms in total. The highest BCUT2D eigenvalue weighted by Crippen LogP contribution is 2.52. The zero-order chi connectivity index (χ0) is 29.4. The van der Waals surface area contributed by atoms with Crippen molar-refractivity contribution in [2.45, 2.75) is 63.5 Å². The number of hydrogen-bond donors (Lipinski definition) is 0. The summed E-state index contributed by atoms with van der Waals surface area (Å²) in [5.41, 5.74) is 1.37. The number of likely N-dealkylation sites (tertiary alicyclic amines) is 1. The van der Waals surface area contributed by atoms with E-state index in [1.807, 2.05) is 66.5 Å². The van der Waals surface area contributed by atoms with Gasteiger partial charge in [0.1, 0.15) is 11.9 Å². The van der Waals surface area contributed by atoms with Gasteiger partial charge < -0.3 is 19.3 Å². The van der Waals surface area contributed by atoms with Gasteiger partial charge >= 0.3 is 11.9 Å². The Morgan fingerprint density at radius 3 is 2.48 bits per heavy atom. The first-order chi connectivity index (χ1) is 20.2. The molecule has 1 aliphatic heterocycles. The normalized spacial score (nSPS) is 25.8. The number of hydrogen-bond acceptors (Lipinski definition) is 6. The molecule has 0 aromatic heterocycles. The molecule has 1 amide bonds. The lowest BCUT2D eigenvalue weighted by atomic mass is 9.56. The largest absolute Gasteiger partial charge is 0.462 e. The molecule has 0 bridgehead atoms. The van der Waals surface area contributed by atoms with Crippen LogP contribution in [0.15, 0.2) is 66.7 Å². The topological polar surface area (TPSA) is 76.2 Å². The van der Waals surface area contributed by atoms with E-state index in [1.165, 1.54) is 26.7 Å². The molecule has 42 heavy (non-hydrogen) atoms. The lowest BCUT2D eigenvalue weighted by Gasteiger charge is -2.56. The summed E-state index contributed by atoms with van der Waals surface area (Å²) in [7, 11) is 1.87. The first-order valence-electron chi connectivity index (χ1n) is 15.2. The second kappa shape index (κ2) is 11.5. The van der Waals surface area contributed by atoms with Crippen LogP contribution >= 0.6 is 0 Å². The third-order valence-electron chi connectivity index (χ3n) is 9.66. The third-order valence-corrected chi connectivity index (χ3v) is 9.66. The molecular weight excluding hydrogens is 528 g/mol. The van der Waals surface area contributed by atoms with E-state index in [0.29, 0.717) is 17.7 Å². The predicted molar refractivity (Wildman–Crippen MR) is 161 cm³/mol. The van der Waals surface area contributed by atoms with Gasteiger partial charge in [-0.2, -0.15) is 0 Å². The van der Waals surface area contributed by atoms with E-state index in [9.17, 15) is 14.4 Å². The van der Waals surface area contributed by atoms with Crippen molar-refractivity contribution in [1.82, 2.24) is 9.80 Å². The summed E-state index contributed by atoms with van der Waals surface area (Å²) in [6.07, 6.45) is 4.43. The molecule has 4 unspecified atom stereocenters. The zero-order valence-electron chi connectivity index (χ0n) is 24.8. The van der Waals surface area contributed by atoms with Gasteiger partial charge in [-0.3, -0.25) is 14.4 Å². The molecule has 1 saturated heterocycles. The van der Waals surface area contributed by atoms with Crippen LogP contribution in [0, 0.1) is 11.8 Å². The summed E-state index contributed by atoms with van der Waals surface area (Å²) in [5, 5.41) is 2.12. The fourth-order valence-electron chi connectivity index (χ4n) is 7.42. The monoisotopic (exact) mass is 568 g/mol. The van der Waals surface area contributed by atoms with Gasteiger partial charge in [0.15, 0.2) is 0 Å². The zero-order valence-corrected chi connectivity index (χ0v) is 24.8. The van der Waals surface area contributed by atoms with Gasteiger partial charge in [-0.15, -0.1) is 0 Å². The molecule has 4 atom stereocenters. The number of fused-ring (bicyclic) bond motifs is 2. The van der Waals surface area contributed by atoms with Crippen molar-refractivity contribution >= 4 is 28.6 Å². The van der Waals surface area contributed by atoms with E-state index >= 15 is 0 Å². The molecule has 0 spiro atoms. The molecule has 3 aliphatic rings. The minimum atomic E-state index is -0.361. The molecule has 3 aromatic carbocycles. The summed E-state index contributed by atoms with van der Waals surface area (Å²) in [6, 6.07) is 21.6. The molecule has 6 rings (SSSR count). The molecule has 3 fully saturated rings. The van der Waals surface area contributed by atoms with Crippen LogP contribution in [0.1, 0.15) is 61.9 Å². The van der Waals surface area contributed by atoms with Crippen LogP contribution in [0.25, 0.3) is 10.8 Å². The number of carbonyl (C=O) groups is 3. The molecule has 2 saturated carbocycles. The van der Waals surface area contributed by atoms with Crippen molar-refractivity contribution in [1.29, 1.82) is 0 Å². The number of benzene rings is 3. The summed E-state index contributed by atoms with van der Waals surface area (Å²) in [6.45, 7) is 5.73. The van der Waals surface area contributed by atoms with E-state index in [1.54, 1.807) is 6.07 Å². The van der Waals surface area contributed by atoms with Gasteiger partial charge in [-0.1, -0.05) is 42.5 Å². The van der Waals surface area contributed by atoms with Crippen molar-refractivity contribution < 1.29 is 23.9 Å². The molecule has 2 aliphatic carbocycles. The van der Waals surface area contributed by atoms with Crippen molar-refractivity contribution in [3.8, 4) is 5.75 Å². The standard InChI is InChI=1S/C35H40N2O5/c1-23(38)41-31-10-6-9-29(18-31)35-15-16-37(21-25-11-12-25)22-32(35)33(42-24(2)39)19-30(20-35)36(3)34(40)28-14-13-26-7-4-5-8-27(26)17-28/h4-10,13-14,17-18,25,30,32-33H,11-12,15-16,19-22H2,1-3H3. The maximum Gasteiger partial charge on any atom is 0.308 e. The average molecular weight is 569 g/mol. The first-order valence-corrected chi connectivity index (χ1v) is 15.2. The van der Waals surface area contributed by atoms with Crippen molar-refractivity contribution in [3.63, 3.8) is 0 Å². The lowest BCUT2D eigenvalue weighted by Crippen LogP contribution is -2.62. The Labute approximate surface area is 247 Å². The number of rotatable bonds is 7. The van der Waals surface area contributed by atoms with Gasteiger partial charge in [0.2, 0.25) is 0 Å². The van der Waals surface area contributed by atoms with E-state index < -0.39 is 0 Å². The molecule has 7 heteroatoms. The minimum Gasteiger partial charge on any atom is -0.462 e. The number of piperidine rings is 1. The van der Waals surface area contributed by atoms with Gasteiger partial charge in [-0.25, -0.2) is 0 Å². The average Bonchev–Trinajstić information content (AvgIpc) is 3.80. The van der Waals surface area contributed by atoms with Gasteiger partial charge in [-0.05, 0) is 78.7 Å². The van der Waals surface area contributed by atoms with E-state index in [0.717, 1.165) is 54.7 Å². The van der Waals surface area contributed by atoms with Crippen LogP contribution < -0.4 is 4.74 Å². The summed E-state index contributed by atoms with van der Waals surface area (Å²) >= 11 is 0. The quantitative estimate of drug-likeness (QED) is 0.273. The third kappa shape index (κ3) is 5.80. The maximum atomic E-state index is 13.9. The molecular formula is C35H40N2O5. The summed E-state index contributed by atoms with van der Waals surface area (Å²) < 4.78 is 11.6. The van der Waals surface area contributed by atoms with Crippen molar-refractivity contribution in [3.05, 3.63) is 77.9 Å². The second-order valence-corrected chi connectivity index (χ2v) is 12.6. The van der Waals surface area contributed by atoms with Crippen LogP contribution in [0.2, 0.25) is 0 Å². The Hall–Kier alpha value is -3.71. The fraction of sp³-hybridized carbons (Fsp3) is 0.457. The highest BCUT2D eigenvalue weighted by molar-refractivity contribution is 5.98. The van der Waals surface area contributed by atoms with Crippen molar-refractivity contribution in [2.24, 2.45) is 11.8 Å². The number of nitrogens with zero attached hydrogens (tertiary/aromatic N) is 2. The van der Waals surface area contributed by atoms with E-state index in [4.69, 9.17) is 9.47 Å². The molecule has 220 valence electrons. The van der Waals surface area contributed by atoms with Gasteiger partial charge in [0, 0.05) is 63.3 Å². The fourth-order valence-corrected chi connectivity index (χ4v) is 7.42. The number of carbonyl (C=O) groups excluding carboxylic acids is 3. The second-order valence-electron chi connectivity index (χ2n) is 12.6. The van der Waals surface area contributed by atoms with Crippen molar-refractivity contribution in [2.75, 3.05) is 26.7 Å². The van der Waals surface area contributed by atoms with E-state index in [2.05, 4.69) is 11.0 Å². The lowest BCUT2D eigenvalue weighted by molar-refractivity contribution is -0.158. The Bertz CT molecular complexity index is 1500. The molecule has 0 N–H and O–H groups in total. The maximum absolute atomic E-state index is 13.9. The van der Waals surface area contributed by atoms with Gasteiger partial charge in [0.25, 0.3) is 5.91 Å².